The summed E-state index contributed by atoms with van der Waals surface area (Å²) < 4.78 is 0. The van der Waals surface area contributed by atoms with Crippen LogP contribution in [0.1, 0.15) is 33.6 Å². The third-order valence-electron chi connectivity index (χ3n) is 1.81. The average molecular weight is 155 g/mol. The van der Waals surface area contributed by atoms with Crippen LogP contribution in [0, 0.1) is 5.41 Å². The lowest BCUT2D eigenvalue weighted by Gasteiger charge is -2.26. The zero-order chi connectivity index (χ0) is 8.48. The summed E-state index contributed by atoms with van der Waals surface area (Å²) in [7, 11) is 0. The summed E-state index contributed by atoms with van der Waals surface area (Å²) in [5.41, 5.74) is 0.240. The number of hydrogen-bond donors (Lipinski definition) is 0. The molecule has 0 saturated heterocycles. The quantitative estimate of drug-likeness (QED) is 0.567. The molecule has 1 saturated carbocycles. The summed E-state index contributed by atoms with van der Waals surface area (Å²) in [6.45, 7) is 7.37. The van der Waals surface area contributed by atoms with Crippen LogP contribution >= 0.6 is 0 Å². The third kappa shape index (κ3) is 2.91. The smallest absolute Gasteiger partial charge is 0.209 e. The Morgan fingerprint density at radius 3 is 2.27 bits per heavy atom. The first-order chi connectivity index (χ1) is 5.03. The lowest BCUT2D eigenvalue weighted by atomic mass is 9.96. The Labute approximate surface area is 68.6 Å². The van der Waals surface area contributed by atoms with Gasteiger partial charge in [0.25, 0.3) is 0 Å². The molecule has 0 heterocycles. The third-order valence-corrected chi connectivity index (χ3v) is 1.81. The van der Waals surface area contributed by atoms with Gasteiger partial charge in [-0.25, -0.2) is 0 Å². The van der Waals surface area contributed by atoms with Crippen molar-refractivity contribution < 1.29 is 4.79 Å². The van der Waals surface area contributed by atoms with E-state index < -0.39 is 0 Å². The molecule has 0 aromatic rings. The number of hydrogen-bond acceptors (Lipinski definition) is 1. The van der Waals surface area contributed by atoms with Gasteiger partial charge in [-0.15, -0.1) is 0 Å². The first-order valence-corrected chi connectivity index (χ1v) is 4.24. The summed E-state index contributed by atoms with van der Waals surface area (Å²) in [4.78, 5) is 12.5. The fourth-order valence-electron chi connectivity index (χ4n) is 1.21. The Kier molecular flexibility index (Phi) is 2.21. The molecule has 0 aromatic carbocycles. The van der Waals surface area contributed by atoms with Crippen molar-refractivity contribution in [1.29, 1.82) is 0 Å². The van der Waals surface area contributed by atoms with Gasteiger partial charge in [-0.2, -0.15) is 0 Å². The maximum absolute atomic E-state index is 10.6. The van der Waals surface area contributed by atoms with Crippen LogP contribution in [-0.2, 0) is 4.79 Å². The van der Waals surface area contributed by atoms with E-state index in [9.17, 15) is 4.79 Å². The van der Waals surface area contributed by atoms with Crippen molar-refractivity contribution in [3.63, 3.8) is 0 Å². The van der Waals surface area contributed by atoms with Crippen LogP contribution in [0.15, 0.2) is 0 Å². The number of amides is 1. The van der Waals surface area contributed by atoms with Crippen molar-refractivity contribution in [2.75, 3.05) is 6.54 Å². The van der Waals surface area contributed by atoms with Gasteiger partial charge >= 0.3 is 0 Å². The van der Waals surface area contributed by atoms with Crippen LogP contribution in [-0.4, -0.2) is 23.9 Å². The van der Waals surface area contributed by atoms with Gasteiger partial charge in [0, 0.05) is 12.6 Å². The van der Waals surface area contributed by atoms with Gasteiger partial charge in [0.05, 0.1) is 0 Å². The van der Waals surface area contributed by atoms with Gasteiger partial charge in [0.2, 0.25) is 6.41 Å². The molecule has 1 amide bonds. The highest BCUT2D eigenvalue weighted by Gasteiger charge is 2.30. The first kappa shape index (κ1) is 8.57. The van der Waals surface area contributed by atoms with E-state index in [1.807, 2.05) is 4.90 Å². The van der Waals surface area contributed by atoms with Crippen molar-refractivity contribution >= 4 is 6.41 Å². The lowest BCUT2D eigenvalue weighted by Crippen LogP contribution is -2.33. The minimum atomic E-state index is 0.240. The Morgan fingerprint density at radius 1 is 1.45 bits per heavy atom. The molecule has 0 spiro atoms. The van der Waals surface area contributed by atoms with Crippen molar-refractivity contribution in [3.8, 4) is 0 Å². The highest BCUT2D eigenvalue weighted by molar-refractivity contribution is 5.48. The van der Waals surface area contributed by atoms with E-state index in [-0.39, 0.29) is 5.41 Å². The molecule has 1 rings (SSSR count). The number of rotatable bonds is 3. The number of nitrogens with zero attached hydrogens (tertiary/aromatic N) is 1. The molecule has 64 valence electrons. The van der Waals surface area contributed by atoms with Crippen molar-refractivity contribution in [3.05, 3.63) is 0 Å². The minimum absolute atomic E-state index is 0.240. The molecular weight excluding hydrogens is 138 g/mol. The normalized spacial score (nSPS) is 18.1. The topological polar surface area (TPSA) is 20.3 Å². The summed E-state index contributed by atoms with van der Waals surface area (Å²) in [5.74, 6) is 0. The molecule has 11 heavy (non-hydrogen) atoms. The van der Waals surface area contributed by atoms with Gasteiger partial charge < -0.3 is 4.90 Å². The maximum atomic E-state index is 10.6. The molecule has 0 aromatic heterocycles. The van der Waals surface area contributed by atoms with Gasteiger partial charge in [-0.05, 0) is 18.3 Å². The Bertz CT molecular complexity index is 144. The first-order valence-electron chi connectivity index (χ1n) is 4.24. The SMILES string of the molecule is CC(C)(C)CN(C=O)C1CC1. The molecule has 1 aliphatic rings. The maximum Gasteiger partial charge on any atom is 0.209 e. The second-order valence-corrected chi connectivity index (χ2v) is 4.57. The van der Waals surface area contributed by atoms with Crippen LogP contribution in [0.4, 0.5) is 0 Å². The summed E-state index contributed by atoms with van der Waals surface area (Å²) in [5, 5.41) is 0. The number of carbonyl (C=O) groups excluding carboxylic acids is 1. The lowest BCUT2D eigenvalue weighted by molar-refractivity contribution is -0.119. The largest absolute Gasteiger partial charge is 0.342 e. The summed E-state index contributed by atoms with van der Waals surface area (Å²) in [6, 6.07) is 0.562. The average Bonchev–Trinajstić information content (AvgIpc) is 2.61. The molecular formula is C9H17NO. The van der Waals surface area contributed by atoms with Gasteiger partial charge in [-0.3, -0.25) is 4.79 Å². The van der Waals surface area contributed by atoms with E-state index in [1.54, 1.807) is 0 Å². The molecule has 0 N–H and O–H groups in total. The molecule has 0 bridgehead atoms. The second kappa shape index (κ2) is 2.84. The molecule has 0 unspecified atom stereocenters. The van der Waals surface area contributed by atoms with Crippen LogP contribution in [0.3, 0.4) is 0 Å². The Morgan fingerprint density at radius 2 is 2.00 bits per heavy atom. The van der Waals surface area contributed by atoms with Crippen LogP contribution in [0.5, 0.6) is 0 Å². The highest BCUT2D eigenvalue weighted by atomic mass is 16.1. The van der Waals surface area contributed by atoms with Crippen molar-refractivity contribution in [2.24, 2.45) is 5.41 Å². The predicted molar refractivity (Wildman–Crippen MR) is 45.2 cm³/mol. The zero-order valence-corrected chi connectivity index (χ0v) is 7.63. The van der Waals surface area contributed by atoms with Gasteiger partial charge in [0.1, 0.15) is 0 Å². The molecule has 1 fully saturated rings. The van der Waals surface area contributed by atoms with E-state index in [0.29, 0.717) is 6.04 Å². The molecule has 0 radical (unpaired) electrons. The molecule has 2 nitrogen and oxygen atoms in total. The number of carbonyl (C=O) groups is 1. The fourth-order valence-corrected chi connectivity index (χ4v) is 1.21. The van der Waals surface area contributed by atoms with E-state index in [1.165, 1.54) is 12.8 Å². The highest BCUT2D eigenvalue weighted by Crippen LogP contribution is 2.28. The summed E-state index contributed by atoms with van der Waals surface area (Å²) >= 11 is 0. The van der Waals surface area contributed by atoms with Crippen molar-refractivity contribution in [2.45, 2.75) is 39.7 Å². The summed E-state index contributed by atoms with van der Waals surface area (Å²) in [6.07, 6.45) is 3.40. The Balaban J connectivity index is 2.37. The minimum Gasteiger partial charge on any atom is -0.342 e. The van der Waals surface area contributed by atoms with Crippen LogP contribution < -0.4 is 0 Å². The van der Waals surface area contributed by atoms with E-state index in [2.05, 4.69) is 20.8 Å². The van der Waals surface area contributed by atoms with E-state index >= 15 is 0 Å². The molecule has 1 aliphatic carbocycles. The van der Waals surface area contributed by atoms with Crippen LogP contribution in [0.25, 0.3) is 0 Å². The predicted octanol–water partition coefficient (Wildman–Crippen LogP) is 1.65. The van der Waals surface area contributed by atoms with E-state index in [0.717, 1.165) is 13.0 Å². The van der Waals surface area contributed by atoms with Gasteiger partial charge in [0.15, 0.2) is 0 Å². The Hall–Kier alpha value is -0.530. The standard InChI is InChI=1S/C9H17NO/c1-9(2,3)6-10(7-11)8-4-5-8/h7-8H,4-6H2,1-3H3. The molecule has 2 heteroatoms. The van der Waals surface area contributed by atoms with Gasteiger partial charge in [-0.1, -0.05) is 20.8 Å². The molecule has 0 atom stereocenters. The van der Waals surface area contributed by atoms with Crippen molar-refractivity contribution in [1.82, 2.24) is 4.90 Å². The molecule has 0 aliphatic heterocycles. The fraction of sp³-hybridized carbons (Fsp3) is 0.889. The van der Waals surface area contributed by atoms with Crippen LogP contribution in [0.2, 0.25) is 0 Å². The van der Waals surface area contributed by atoms with E-state index in [4.69, 9.17) is 0 Å². The monoisotopic (exact) mass is 155 g/mol. The second-order valence-electron chi connectivity index (χ2n) is 4.57. The zero-order valence-electron chi connectivity index (χ0n) is 7.63.